The predicted molar refractivity (Wildman–Crippen MR) is 435 cm³/mol. The van der Waals surface area contributed by atoms with E-state index >= 15 is 0 Å². The van der Waals surface area contributed by atoms with E-state index in [9.17, 15) is 4.79 Å². The van der Waals surface area contributed by atoms with Gasteiger partial charge < -0.3 is 23.9 Å². The van der Waals surface area contributed by atoms with Crippen LogP contribution in [0.3, 0.4) is 0 Å². The summed E-state index contributed by atoms with van der Waals surface area (Å²) in [4.78, 5) is 11.0. The van der Waals surface area contributed by atoms with Crippen molar-refractivity contribution in [2.24, 2.45) is 0 Å². The Bertz CT molecular complexity index is 5260. The summed E-state index contributed by atoms with van der Waals surface area (Å²) < 4.78 is 15.5. The molecule has 0 radical (unpaired) electrons. The van der Waals surface area contributed by atoms with Crippen molar-refractivity contribution in [1.29, 1.82) is 0 Å². The van der Waals surface area contributed by atoms with Crippen LogP contribution in [-0.2, 0) is 19.6 Å². The van der Waals surface area contributed by atoms with Gasteiger partial charge in [0.25, 0.3) is 0 Å². The molecular formula is C80H125N3O3. The summed E-state index contributed by atoms with van der Waals surface area (Å²) in [5, 5.41) is 5.61. The summed E-state index contributed by atoms with van der Waals surface area (Å²) in [7, 11) is 0. The number of rotatable bonds is 10. The third kappa shape index (κ3) is 25.3. The molecule has 0 aliphatic heterocycles. The highest BCUT2D eigenvalue weighted by Crippen LogP contribution is 2.24. The third-order valence-corrected chi connectivity index (χ3v) is 10.1. The lowest BCUT2D eigenvalue weighted by atomic mass is 10.1. The number of benzene rings is 4. The number of nitrogens with one attached hydrogen (secondary N) is 1. The van der Waals surface area contributed by atoms with Gasteiger partial charge >= 0.3 is 0 Å². The van der Waals surface area contributed by atoms with Gasteiger partial charge in [-0.25, -0.2) is 0 Å². The Kier molecular flexibility index (Phi) is 28.2. The van der Waals surface area contributed by atoms with Gasteiger partial charge in [-0.3, -0.25) is 4.79 Å². The number of aryl methyl sites for hydroxylation is 2. The molecule has 0 aliphatic rings. The van der Waals surface area contributed by atoms with Gasteiger partial charge in [0.05, 0.1) is 0 Å². The van der Waals surface area contributed by atoms with E-state index in [4.69, 9.17) is 22.3 Å². The second kappa shape index (κ2) is 39.0. The van der Waals surface area contributed by atoms with Gasteiger partial charge in [0, 0.05) is 259 Å². The zero-order valence-electron chi connectivity index (χ0n) is 46.4. The molecule has 0 amide bonds. The number of aromatic nitrogens is 2. The van der Waals surface area contributed by atoms with Crippen LogP contribution in [0.5, 0.6) is 11.5 Å². The third-order valence-electron chi connectivity index (χ3n) is 10.1. The number of carbonyl (C=O) groups excluding carboxylic acids is 1. The molecule has 2 aromatic heterocycles. The molecule has 0 aliphatic carbocycles. The molecule has 86 heavy (non-hydrogen) atoms. The highest BCUT2D eigenvalue weighted by Gasteiger charge is 2.07. The van der Waals surface area contributed by atoms with E-state index in [1.165, 1.54) is 16.5 Å². The van der Waals surface area contributed by atoms with Crippen LogP contribution in [0.15, 0.2) is 97.3 Å². The Morgan fingerprint density at radius 2 is 0.744 bits per heavy atom. The number of carbonyl (C=O) groups is 1. The van der Waals surface area contributed by atoms with E-state index in [-0.39, 0.29) is 62.8 Å². The van der Waals surface area contributed by atoms with Crippen LogP contribution in [0.4, 0.5) is 0 Å². The first-order chi connectivity index (χ1) is 42.4. The van der Waals surface area contributed by atoms with Crippen molar-refractivity contribution < 1.29 is 77.0 Å². The van der Waals surface area contributed by atoms with Crippen LogP contribution in [0.2, 0.25) is 0 Å². The normalized spacial score (nSPS) is 7.50. The van der Waals surface area contributed by atoms with Crippen molar-refractivity contribution in [3.8, 4) is 273 Å². The molecular weight excluding hydrogens is 1050 g/mol. The van der Waals surface area contributed by atoms with E-state index in [2.05, 4.69) is 313 Å². The lowest BCUT2D eigenvalue weighted by molar-refractivity contribution is 0.112. The molecule has 0 bridgehead atoms. The smallest absolute Gasteiger partial charge is 0.150 e. The Labute approximate surface area is 570 Å². The van der Waals surface area contributed by atoms with E-state index in [1.54, 1.807) is 0 Å². The maximum atomic E-state index is 11.0. The van der Waals surface area contributed by atoms with Crippen molar-refractivity contribution in [2.45, 2.75) is 40.4 Å². The Morgan fingerprint density at radius 3 is 1.09 bits per heavy atom. The average Bonchev–Trinajstić information content (AvgIpc) is 1.67. The number of hydrogen-bond acceptors (Lipinski definition) is 4. The van der Waals surface area contributed by atoms with Crippen LogP contribution in [0, 0.1) is 276 Å². The van der Waals surface area contributed by atoms with Gasteiger partial charge in [-0.05, 0) is 215 Å². The lowest BCUT2D eigenvalue weighted by Crippen LogP contribution is -2.11. The van der Waals surface area contributed by atoms with Gasteiger partial charge in [0.2, 0.25) is 0 Å². The van der Waals surface area contributed by atoms with Crippen molar-refractivity contribution in [3.05, 3.63) is 131 Å². The Morgan fingerprint density at radius 1 is 0.407 bits per heavy atom. The molecule has 0 saturated heterocycles. The van der Waals surface area contributed by atoms with Crippen molar-refractivity contribution in [1.82, 2.24) is 14.5 Å². The molecule has 0 atom stereocenters. The van der Waals surface area contributed by atoms with Crippen LogP contribution in [0.1, 0.15) is 108 Å². The van der Waals surface area contributed by atoms with Crippen LogP contribution >= 0.6 is 0 Å². The van der Waals surface area contributed by atoms with Gasteiger partial charge in [0.15, 0.2) is 0 Å². The van der Waals surface area contributed by atoms with E-state index in [0.29, 0.717) is 23.6 Å². The summed E-state index contributed by atoms with van der Waals surface area (Å²) in [6.07, 6.45) is 20.0. The highest BCUT2D eigenvalue weighted by atomic mass is 16.5. The minimum atomic E-state index is 0. The maximum Gasteiger partial charge on any atom is 0.150 e. The number of ether oxygens (including phenoxy) is 2. The summed E-state index contributed by atoms with van der Waals surface area (Å²) in [5.74, 6) is 101. The minimum Gasteiger partial charge on any atom is -0.407 e. The van der Waals surface area contributed by atoms with Gasteiger partial charge in [0.1, 0.15) is 30.0 Å². The van der Waals surface area contributed by atoms with Gasteiger partial charge in [-0.1, -0.05) is 25.1 Å². The monoisotopic (exact) mass is 1180 g/mol. The number of terminal acetylenes is 2. The molecule has 0 saturated carbocycles. The predicted octanol–water partition coefficient (Wildman–Crippen LogP) is 18.7. The van der Waals surface area contributed by atoms with Gasteiger partial charge in [-0.2, -0.15) is 0 Å². The highest BCUT2D eigenvalue weighted by molar-refractivity contribution is 5.87. The minimum absolute atomic E-state index is 0. The topological polar surface area (TPSA) is 57.4 Å². The Hall–Kier alpha value is -14.5. The molecule has 478 valence electrons. The fourth-order valence-electron chi connectivity index (χ4n) is 6.89. The fourth-order valence-corrected chi connectivity index (χ4v) is 6.89. The molecule has 6 aromatic rings. The van der Waals surface area contributed by atoms with Gasteiger partial charge in [-0.15, -0.1) is 12.8 Å². The molecule has 4 aromatic carbocycles. The number of hydrogen-bond donors (Lipinski definition) is 1. The van der Waals surface area contributed by atoms with Crippen LogP contribution in [0.25, 0.3) is 21.8 Å². The molecule has 1 N–H and O–H groups in total. The van der Waals surface area contributed by atoms with Crippen molar-refractivity contribution >= 4 is 28.1 Å². The number of fused-ring (bicyclic) bond motifs is 2. The number of aldehydes is 1. The van der Waals surface area contributed by atoms with Crippen molar-refractivity contribution in [2.75, 3.05) is 6.54 Å². The SMILES string of the molecule is C#CC#CC#CC#CC#CC#CC#CC#CC#CC#CC#COc1cc(C)cc(Cn2ccc3cc(C=O)ccc32)c1.C#CC#CC#CC#CC#CC#CC#CC#CC#CC#CC#COc1cc(C)cc(Cn2ccc3cc(CNCC)ccc32)c1.[HH].[HH].[HH].[HH].[HH].[HH].[HH].[HH].[HH].[HH].[HH].[HH].[HH].[HH].[HH].[HH].[HH].[HH].[HH].[HH].[HH].[HH].[HH].[HH].[HH].[HH].[HH].[HH].[HH].[HH].[HH].[HH].[HH].[HH].[HH].[HH].[HH].[HH].[HH].[HH].[HH].[HH].[HH].[HH]. The lowest BCUT2D eigenvalue weighted by Gasteiger charge is -2.09. The van der Waals surface area contributed by atoms with E-state index in [1.807, 2.05) is 68.6 Å². The summed E-state index contributed by atoms with van der Waals surface area (Å²) in [5.41, 5.74) is 8.47. The van der Waals surface area contributed by atoms with Crippen molar-refractivity contribution in [3.63, 3.8) is 0 Å². The second-order valence-electron chi connectivity index (χ2n) is 16.3. The standard InChI is InChI=1S/C41H22N2O.C39H15NO2.44H2/c1-4-6-7-8-9-10-11-12-13-14-15-16-17-18-19-20-21-22-23-24-29-44-40-31-36(3)30-38(33-40)35-43-28-27-39-32-37(34-42-5-2)25-26-41(39)43;1-3-4-5-6-7-8-9-10-11-12-13-14-15-16-17-18-19-20-21-22-27-42-38-29-34(2)28-36(31-38)32-40-26-25-37-30-35(33-41)23-24-39(37)40;;;;;;;;;;;;;;;;;;;;;;;;;;;;;;;;;;;;;;;;;;;;/h1,25-28,30-33,42H,5,34-35H2,2-3H3;1,23-26,28-31,33H,32H2,2H3;44*1H. The second-order valence-corrected chi connectivity index (χ2v) is 16.3. The van der Waals surface area contributed by atoms with Crippen LogP contribution in [-0.4, -0.2) is 22.0 Å². The summed E-state index contributed by atoms with van der Waals surface area (Å²) in [6.45, 7) is 9.32. The van der Waals surface area contributed by atoms with Crippen LogP contribution < -0.4 is 14.8 Å². The molecule has 6 heteroatoms. The average molecular weight is 1180 g/mol. The Balaban J connectivity index is -0.0000000245. The summed E-state index contributed by atoms with van der Waals surface area (Å²) in [6, 6.07) is 28.3. The fraction of sp³-hybridized carbons (Fsp3) is 0.0875. The van der Waals surface area contributed by atoms with E-state index < -0.39 is 0 Å². The zero-order chi connectivity index (χ0) is 60.8. The largest absolute Gasteiger partial charge is 0.407 e. The molecule has 6 nitrogen and oxygen atoms in total. The van der Waals surface area contributed by atoms with E-state index in [0.717, 1.165) is 59.1 Å². The summed E-state index contributed by atoms with van der Waals surface area (Å²) >= 11 is 0. The molecule has 0 spiro atoms. The molecule has 0 fully saturated rings. The maximum absolute atomic E-state index is 11.0. The number of nitrogens with zero attached hydrogens (tertiary/aromatic N) is 2. The zero-order valence-corrected chi connectivity index (χ0v) is 46.4. The molecule has 6 rings (SSSR count). The first-order valence-corrected chi connectivity index (χ1v) is 25.2. The quantitative estimate of drug-likeness (QED) is 0.110. The first-order valence-electron chi connectivity index (χ1n) is 25.2. The first kappa shape index (κ1) is 62.4. The molecule has 0 unspecified atom stereocenters. The molecule has 2 heterocycles.